The average molecular weight is 737 g/mol. The normalized spacial score (nSPS) is 18.1. The van der Waals surface area contributed by atoms with E-state index in [1.165, 1.54) is 4.90 Å². The minimum absolute atomic E-state index is 0.221. The minimum Gasteiger partial charge on any atom is -0.379 e. The van der Waals surface area contributed by atoms with Crippen molar-refractivity contribution >= 4 is 40.9 Å². The lowest BCUT2D eigenvalue weighted by Crippen LogP contribution is -2.44. The van der Waals surface area contributed by atoms with E-state index in [4.69, 9.17) is 43.5 Å². The van der Waals surface area contributed by atoms with Gasteiger partial charge in [0.05, 0.1) is 54.3 Å². The first-order valence-electron chi connectivity index (χ1n) is 17.4. The number of morpholine rings is 2. The second-order valence-corrected chi connectivity index (χ2v) is 13.8. The van der Waals surface area contributed by atoms with Gasteiger partial charge < -0.3 is 25.4 Å². The Kier molecular flexibility index (Phi) is 12.3. The quantitative estimate of drug-likeness (QED) is 0.253. The first-order chi connectivity index (χ1) is 24.7. The first kappa shape index (κ1) is 36.8. The minimum atomic E-state index is -0.980. The number of fused-ring (bicyclic) bond motifs is 1. The molecule has 0 unspecified atom stereocenters. The molecule has 3 aromatic rings. The van der Waals surface area contributed by atoms with Gasteiger partial charge in [-0.2, -0.15) is 5.10 Å². The van der Waals surface area contributed by atoms with Crippen LogP contribution in [0.4, 0.5) is 0 Å². The van der Waals surface area contributed by atoms with Crippen molar-refractivity contribution in [1.29, 1.82) is 0 Å². The van der Waals surface area contributed by atoms with Crippen molar-refractivity contribution < 1.29 is 23.9 Å². The molecule has 3 amide bonds. The van der Waals surface area contributed by atoms with Crippen LogP contribution in [0.1, 0.15) is 46.1 Å². The number of ether oxygens (including phenoxy) is 2. The highest BCUT2D eigenvalue weighted by Gasteiger charge is 2.30. The van der Waals surface area contributed by atoms with Crippen molar-refractivity contribution in [3.05, 3.63) is 74.4 Å². The van der Waals surface area contributed by atoms with Crippen LogP contribution in [0.3, 0.4) is 0 Å². The highest BCUT2D eigenvalue weighted by Crippen LogP contribution is 2.32. The molecule has 3 N–H and O–H groups in total. The molecule has 0 spiro atoms. The second kappa shape index (κ2) is 17.0. The monoisotopic (exact) mass is 735 g/mol. The van der Waals surface area contributed by atoms with Crippen LogP contribution in [0.2, 0.25) is 10.0 Å². The van der Waals surface area contributed by atoms with Gasteiger partial charge in [0.2, 0.25) is 0 Å². The molecule has 2 fully saturated rings. The fourth-order valence-corrected chi connectivity index (χ4v) is 7.05. The molecule has 3 aliphatic heterocycles. The van der Waals surface area contributed by atoms with Gasteiger partial charge in [0, 0.05) is 92.8 Å². The Morgan fingerprint density at radius 2 is 1.75 bits per heavy atom. The maximum Gasteiger partial charge on any atom is 0.311 e. The van der Waals surface area contributed by atoms with E-state index in [0.29, 0.717) is 77.7 Å². The third-order valence-electron chi connectivity index (χ3n) is 9.56. The van der Waals surface area contributed by atoms with Crippen LogP contribution in [0.5, 0.6) is 0 Å². The number of nitrogens with zero attached hydrogens (tertiary/aromatic N) is 5. The number of amides is 3. The summed E-state index contributed by atoms with van der Waals surface area (Å²) in [7, 11) is 0. The SMILES string of the molecule is C[C@H]1COCCN1CCCn1nc(-c2ccc(Cl)c(C#Cc3ccc(Cl)c(C(=O)NCCN4CCOCC4)c3)c2)c2c1CCN(C(=O)C(N)=O)C2. The topological polar surface area (TPSA) is 135 Å². The number of nitrogens with one attached hydrogen (secondary N) is 1. The van der Waals surface area contributed by atoms with Crippen molar-refractivity contribution in [2.24, 2.45) is 5.73 Å². The van der Waals surface area contributed by atoms with E-state index in [1.807, 2.05) is 16.8 Å². The summed E-state index contributed by atoms with van der Waals surface area (Å²) in [6, 6.07) is 11.0. The van der Waals surface area contributed by atoms with E-state index in [1.54, 1.807) is 24.3 Å². The molecule has 1 atom stereocenters. The maximum absolute atomic E-state index is 13.0. The van der Waals surface area contributed by atoms with Gasteiger partial charge in [-0.05, 0) is 43.7 Å². The van der Waals surface area contributed by atoms with Gasteiger partial charge in [0.1, 0.15) is 0 Å². The Morgan fingerprint density at radius 1 is 0.961 bits per heavy atom. The largest absolute Gasteiger partial charge is 0.379 e. The zero-order valence-corrected chi connectivity index (χ0v) is 30.3. The predicted molar refractivity (Wildman–Crippen MR) is 194 cm³/mol. The number of hydrogen-bond donors (Lipinski definition) is 2. The Hall–Kier alpha value is -3.96. The van der Waals surface area contributed by atoms with Crippen molar-refractivity contribution in [2.75, 3.05) is 72.2 Å². The zero-order valence-electron chi connectivity index (χ0n) is 28.8. The number of halogens is 2. The van der Waals surface area contributed by atoms with E-state index >= 15 is 0 Å². The Labute approximate surface area is 308 Å². The lowest BCUT2D eigenvalue weighted by molar-refractivity contribution is -0.144. The lowest BCUT2D eigenvalue weighted by atomic mass is 9.99. The summed E-state index contributed by atoms with van der Waals surface area (Å²) >= 11 is 13.0. The highest BCUT2D eigenvalue weighted by atomic mass is 35.5. The maximum atomic E-state index is 13.0. The summed E-state index contributed by atoms with van der Waals surface area (Å²) in [4.78, 5) is 43.5. The number of carbonyl (C=O) groups excluding carboxylic acids is 3. The van der Waals surface area contributed by atoms with Crippen molar-refractivity contribution in [1.82, 2.24) is 29.8 Å². The Morgan fingerprint density at radius 3 is 2.53 bits per heavy atom. The number of hydrogen-bond acceptors (Lipinski definition) is 8. The van der Waals surface area contributed by atoms with Gasteiger partial charge in [-0.1, -0.05) is 41.1 Å². The van der Waals surface area contributed by atoms with Crippen LogP contribution in [-0.2, 0) is 38.6 Å². The molecule has 0 radical (unpaired) electrons. The third kappa shape index (κ3) is 9.10. The van der Waals surface area contributed by atoms with E-state index in [2.05, 4.69) is 33.9 Å². The molecule has 2 aromatic carbocycles. The number of benzene rings is 2. The van der Waals surface area contributed by atoms with E-state index in [9.17, 15) is 14.4 Å². The van der Waals surface area contributed by atoms with Crippen molar-refractivity contribution in [3.63, 3.8) is 0 Å². The van der Waals surface area contributed by atoms with Gasteiger partial charge in [0.15, 0.2) is 0 Å². The zero-order chi connectivity index (χ0) is 35.9. The van der Waals surface area contributed by atoms with E-state index in [0.717, 1.165) is 69.2 Å². The standard InChI is InChI=1S/C37H43Cl2N7O5/c1-25-24-51-20-17-44(25)11-2-12-46-33-9-13-45(37(49)35(40)47)23-30(33)34(42-46)28-6-8-31(38)27(22-28)5-3-26-4-7-32(39)29(21-26)36(48)41-10-14-43-15-18-50-19-16-43/h4,6-8,21-22,25H,2,9-20,23-24H2,1H3,(H2,40,47)(H,41,48)/t25-/m0/s1. The molecule has 0 aliphatic carbocycles. The summed E-state index contributed by atoms with van der Waals surface area (Å²) in [6.45, 7) is 11.1. The van der Waals surface area contributed by atoms with Crippen molar-refractivity contribution in [3.8, 4) is 23.1 Å². The molecule has 4 heterocycles. The van der Waals surface area contributed by atoms with Crippen LogP contribution in [0.25, 0.3) is 11.3 Å². The molecule has 0 bridgehead atoms. The van der Waals surface area contributed by atoms with Gasteiger partial charge in [-0.25, -0.2) is 0 Å². The molecule has 270 valence electrons. The van der Waals surface area contributed by atoms with Crippen LogP contribution < -0.4 is 11.1 Å². The van der Waals surface area contributed by atoms with E-state index < -0.39 is 11.8 Å². The number of aryl methyl sites for hydroxylation is 1. The van der Waals surface area contributed by atoms with Gasteiger partial charge in [-0.15, -0.1) is 0 Å². The van der Waals surface area contributed by atoms with E-state index in [-0.39, 0.29) is 12.5 Å². The first-order valence-corrected chi connectivity index (χ1v) is 18.1. The molecule has 1 aromatic heterocycles. The molecule has 2 saturated heterocycles. The molecular weight excluding hydrogens is 693 g/mol. The summed E-state index contributed by atoms with van der Waals surface area (Å²) in [5.74, 6) is 4.35. The molecule has 14 heteroatoms. The van der Waals surface area contributed by atoms with Crippen LogP contribution in [-0.4, -0.2) is 120 Å². The Bertz CT molecular complexity index is 1830. The Balaban J connectivity index is 1.22. The number of nitrogens with two attached hydrogens (primary N) is 1. The third-order valence-corrected chi connectivity index (χ3v) is 10.2. The summed E-state index contributed by atoms with van der Waals surface area (Å²) in [5.41, 5.74) is 10.3. The second-order valence-electron chi connectivity index (χ2n) is 13.0. The number of primary amides is 1. The fraction of sp³-hybridized carbons (Fsp3) is 0.459. The molecule has 51 heavy (non-hydrogen) atoms. The highest BCUT2D eigenvalue weighted by molar-refractivity contribution is 6.34. The fourth-order valence-electron chi connectivity index (χ4n) is 6.69. The van der Waals surface area contributed by atoms with Crippen LogP contribution in [0, 0.1) is 11.8 Å². The number of aromatic nitrogens is 2. The van der Waals surface area contributed by atoms with Gasteiger partial charge in [0.25, 0.3) is 5.91 Å². The molecule has 0 saturated carbocycles. The van der Waals surface area contributed by atoms with Gasteiger partial charge in [-0.3, -0.25) is 28.9 Å². The molecular formula is C37H43Cl2N7O5. The van der Waals surface area contributed by atoms with Crippen molar-refractivity contribution in [2.45, 2.75) is 38.9 Å². The number of carbonyl (C=O) groups is 3. The summed E-state index contributed by atoms with van der Waals surface area (Å²) in [6.07, 6.45) is 1.45. The summed E-state index contributed by atoms with van der Waals surface area (Å²) < 4.78 is 13.0. The smallest absolute Gasteiger partial charge is 0.311 e. The van der Waals surface area contributed by atoms with Gasteiger partial charge >= 0.3 is 11.8 Å². The van der Waals surface area contributed by atoms with Crippen LogP contribution in [0.15, 0.2) is 36.4 Å². The number of rotatable bonds is 9. The molecule has 3 aliphatic rings. The average Bonchev–Trinajstić information content (AvgIpc) is 3.50. The predicted octanol–water partition coefficient (Wildman–Crippen LogP) is 2.80. The molecule has 12 nitrogen and oxygen atoms in total. The molecule has 6 rings (SSSR count). The lowest BCUT2D eigenvalue weighted by Gasteiger charge is -2.33. The van der Waals surface area contributed by atoms with Crippen LogP contribution >= 0.6 is 23.2 Å². The summed E-state index contributed by atoms with van der Waals surface area (Å²) in [5, 5.41) is 8.80.